The second kappa shape index (κ2) is 10.3. The summed E-state index contributed by atoms with van der Waals surface area (Å²) in [5.41, 5.74) is 7.64. The lowest BCUT2D eigenvalue weighted by Crippen LogP contribution is -2.09. The molecule has 2 heterocycles. The number of nitrogens with zero attached hydrogens (tertiary/aromatic N) is 1. The van der Waals surface area contributed by atoms with Gasteiger partial charge in [0.2, 0.25) is 0 Å². The van der Waals surface area contributed by atoms with Gasteiger partial charge in [-0.25, -0.2) is 0 Å². The van der Waals surface area contributed by atoms with Crippen LogP contribution in [0.1, 0.15) is 0 Å². The van der Waals surface area contributed by atoms with Crippen molar-refractivity contribution in [3.05, 3.63) is 164 Å². The average Bonchev–Trinajstić information content (AvgIpc) is 3.70. The Morgan fingerprint density at radius 1 is 0.404 bits per heavy atom. The molecule has 2 nitrogen and oxygen atoms in total. The molecule has 2 aromatic heterocycles. The first-order chi connectivity index (χ1) is 23.3. The number of furan rings is 1. The van der Waals surface area contributed by atoms with Crippen LogP contribution in [0, 0.1) is 0 Å². The highest BCUT2D eigenvalue weighted by Crippen LogP contribution is 2.43. The lowest BCUT2D eigenvalue weighted by molar-refractivity contribution is 0.672. The zero-order valence-electron chi connectivity index (χ0n) is 25.4. The predicted octanol–water partition coefficient (Wildman–Crippen LogP) is 13.4. The Labute approximate surface area is 275 Å². The van der Waals surface area contributed by atoms with Gasteiger partial charge in [-0.2, -0.15) is 0 Å². The van der Waals surface area contributed by atoms with Gasteiger partial charge in [0.05, 0.1) is 0 Å². The van der Waals surface area contributed by atoms with Crippen molar-refractivity contribution >= 4 is 92.1 Å². The molecule has 10 aromatic rings. The first kappa shape index (κ1) is 26.3. The molecule has 0 bridgehead atoms. The van der Waals surface area contributed by atoms with Crippen molar-refractivity contribution in [2.45, 2.75) is 0 Å². The third kappa shape index (κ3) is 4.17. The number of thiophene rings is 1. The van der Waals surface area contributed by atoms with Gasteiger partial charge in [-0.05, 0) is 94.0 Å². The molecule has 0 unspecified atom stereocenters. The molecule has 220 valence electrons. The molecule has 0 saturated carbocycles. The van der Waals surface area contributed by atoms with Gasteiger partial charge in [0.25, 0.3) is 0 Å². The molecule has 0 aliphatic rings. The first-order valence-corrected chi connectivity index (χ1v) is 16.7. The van der Waals surface area contributed by atoms with E-state index in [9.17, 15) is 0 Å². The number of hydrogen-bond acceptors (Lipinski definition) is 3. The van der Waals surface area contributed by atoms with Gasteiger partial charge in [-0.1, -0.05) is 97.1 Å². The average molecular weight is 618 g/mol. The second-order valence-electron chi connectivity index (χ2n) is 12.1. The minimum atomic E-state index is 0.920. The summed E-state index contributed by atoms with van der Waals surface area (Å²) in [5, 5.41) is 9.66. The Balaban J connectivity index is 1.15. The summed E-state index contributed by atoms with van der Waals surface area (Å²) >= 11 is 1.85. The van der Waals surface area contributed by atoms with Gasteiger partial charge in [0.1, 0.15) is 11.2 Å². The van der Waals surface area contributed by atoms with Crippen molar-refractivity contribution in [3.63, 3.8) is 0 Å². The van der Waals surface area contributed by atoms with Crippen molar-refractivity contribution in [2.75, 3.05) is 4.90 Å². The van der Waals surface area contributed by atoms with E-state index in [0.717, 1.165) is 49.8 Å². The fraction of sp³-hybridized carbons (Fsp3) is 0. The summed E-state index contributed by atoms with van der Waals surface area (Å²) in [6, 6.07) is 59.1. The van der Waals surface area contributed by atoms with Crippen LogP contribution in [0.25, 0.3) is 74.8 Å². The Morgan fingerprint density at radius 3 is 2.00 bits per heavy atom. The van der Waals surface area contributed by atoms with Crippen LogP contribution in [0.2, 0.25) is 0 Å². The molecular weight excluding hydrogens is 591 g/mol. The Kier molecular flexibility index (Phi) is 5.78. The highest BCUT2D eigenvalue weighted by molar-refractivity contribution is 7.25. The van der Waals surface area contributed by atoms with Crippen molar-refractivity contribution in [3.8, 4) is 11.1 Å². The molecule has 0 amide bonds. The number of fused-ring (bicyclic) bond motifs is 9. The van der Waals surface area contributed by atoms with Crippen molar-refractivity contribution in [2.24, 2.45) is 0 Å². The number of rotatable bonds is 4. The van der Waals surface area contributed by atoms with Gasteiger partial charge in [-0.15, -0.1) is 11.3 Å². The lowest BCUT2D eigenvalue weighted by Gasteiger charge is -2.26. The lowest BCUT2D eigenvalue weighted by atomic mass is 9.98. The van der Waals surface area contributed by atoms with Crippen LogP contribution in [0.15, 0.2) is 168 Å². The molecule has 0 radical (unpaired) electrons. The van der Waals surface area contributed by atoms with E-state index in [-0.39, 0.29) is 0 Å². The van der Waals surface area contributed by atoms with E-state index in [4.69, 9.17) is 4.42 Å². The number of anilines is 3. The van der Waals surface area contributed by atoms with Gasteiger partial charge in [-0.3, -0.25) is 0 Å². The van der Waals surface area contributed by atoms with Crippen molar-refractivity contribution in [1.29, 1.82) is 0 Å². The van der Waals surface area contributed by atoms with Crippen LogP contribution < -0.4 is 4.90 Å². The van der Waals surface area contributed by atoms with Crippen LogP contribution in [-0.2, 0) is 0 Å². The molecule has 47 heavy (non-hydrogen) atoms. The first-order valence-electron chi connectivity index (χ1n) is 15.9. The normalized spacial score (nSPS) is 11.8. The van der Waals surface area contributed by atoms with Gasteiger partial charge in [0, 0.05) is 53.4 Å². The summed E-state index contributed by atoms with van der Waals surface area (Å²) in [4.78, 5) is 2.38. The molecule has 0 aliphatic carbocycles. The van der Waals surface area contributed by atoms with Crippen LogP contribution in [0.3, 0.4) is 0 Å². The molecule has 3 heteroatoms. The summed E-state index contributed by atoms with van der Waals surface area (Å²) in [5.74, 6) is 0. The Bertz CT molecular complexity index is 2800. The van der Waals surface area contributed by atoms with Crippen LogP contribution in [0.4, 0.5) is 17.1 Å². The molecule has 10 rings (SSSR count). The molecule has 0 spiro atoms. The standard InChI is InChI=1S/C44H27NOS/c1-2-10-34-28(8-1)9-7-13-35(34)29-16-19-31(20-17-29)45(33-22-25-43-40(27-33)38-12-4-6-15-42(38)47-43)32-21-24-36-30(26-32)18-23-39-37-11-3-5-14-41(37)46-44(36)39/h1-27H. The van der Waals surface area contributed by atoms with E-state index in [1.165, 1.54) is 42.1 Å². The summed E-state index contributed by atoms with van der Waals surface area (Å²) in [6.07, 6.45) is 0. The highest BCUT2D eigenvalue weighted by atomic mass is 32.1. The van der Waals surface area contributed by atoms with E-state index in [2.05, 4.69) is 157 Å². The topological polar surface area (TPSA) is 16.4 Å². The third-order valence-corrected chi connectivity index (χ3v) is 10.6. The van der Waals surface area contributed by atoms with Crippen LogP contribution >= 0.6 is 11.3 Å². The van der Waals surface area contributed by atoms with E-state index in [0.29, 0.717) is 0 Å². The zero-order chi connectivity index (χ0) is 30.9. The van der Waals surface area contributed by atoms with E-state index < -0.39 is 0 Å². The largest absolute Gasteiger partial charge is 0.455 e. The van der Waals surface area contributed by atoms with Gasteiger partial charge >= 0.3 is 0 Å². The smallest absolute Gasteiger partial charge is 0.143 e. The summed E-state index contributed by atoms with van der Waals surface area (Å²) in [7, 11) is 0. The van der Waals surface area contributed by atoms with Crippen molar-refractivity contribution < 1.29 is 4.42 Å². The second-order valence-corrected chi connectivity index (χ2v) is 13.2. The van der Waals surface area contributed by atoms with E-state index in [1.54, 1.807) is 0 Å². The third-order valence-electron chi connectivity index (χ3n) is 9.45. The summed E-state index contributed by atoms with van der Waals surface area (Å²) < 4.78 is 9.00. The fourth-order valence-corrected chi connectivity index (χ4v) is 8.29. The Hall–Kier alpha value is -5.90. The molecular formula is C44H27NOS. The number of para-hydroxylation sites is 1. The van der Waals surface area contributed by atoms with Crippen LogP contribution in [-0.4, -0.2) is 0 Å². The number of benzene rings is 8. The fourth-order valence-electron chi connectivity index (χ4n) is 7.21. The minimum absolute atomic E-state index is 0.920. The molecule has 0 aliphatic heterocycles. The molecule has 8 aromatic carbocycles. The molecule has 0 fully saturated rings. The maximum Gasteiger partial charge on any atom is 0.143 e. The van der Waals surface area contributed by atoms with Gasteiger partial charge in [0.15, 0.2) is 0 Å². The molecule has 0 atom stereocenters. The highest BCUT2D eigenvalue weighted by Gasteiger charge is 2.17. The zero-order valence-corrected chi connectivity index (χ0v) is 26.2. The monoisotopic (exact) mass is 617 g/mol. The minimum Gasteiger partial charge on any atom is -0.455 e. The van der Waals surface area contributed by atoms with Crippen LogP contribution in [0.5, 0.6) is 0 Å². The van der Waals surface area contributed by atoms with Crippen molar-refractivity contribution in [1.82, 2.24) is 0 Å². The SMILES string of the molecule is c1ccc2c(-c3ccc(N(c4ccc5c(ccc6c7ccccc7oc56)c4)c4ccc5sc6ccccc6c5c4)cc3)cccc2c1. The number of hydrogen-bond donors (Lipinski definition) is 0. The maximum atomic E-state index is 6.39. The van der Waals surface area contributed by atoms with Gasteiger partial charge < -0.3 is 9.32 Å². The predicted molar refractivity (Wildman–Crippen MR) is 202 cm³/mol. The Morgan fingerprint density at radius 2 is 1.09 bits per heavy atom. The molecule has 0 N–H and O–H groups in total. The molecule has 0 saturated heterocycles. The van der Waals surface area contributed by atoms with E-state index >= 15 is 0 Å². The van der Waals surface area contributed by atoms with E-state index in [1.807, 2.05) is 23.5 Å². The maximum absolute atomic E-state index is 6.39. The quantitative estimate of drug-likeness (QED) is 0.195. The summed E-state index contributed by atoms with van der Waals surface area (Å²) in [6.45, 7) is 0.